The number of aryl methyl sites for hydroxylation is 1. The molecule has 33 heavy (non-hydrogen) atoms. The number of benzene rings is 2. The molecule has 0 unspecified atom stereocenters. The average molecular weight is 468 g/mol. The van der Waals surface area contributed by atoms with Gasteiger partial charge >= 0.3 is 0 Å². The van der Waals surface area contributed by atoms with E-state index in [2.05, 4.69) is 5.32 Å². The van der Waals surface area contributed by atoms with Gasteiger partial charge in [0.05, 0.1) is 4.90 Å². The van der Waals surface area contributed by atoms with Crippen LogP contribution in [0.25, 0.3) is 10.9 Å². The van der Waals surface area contributed by atoms with Gasteiger partial charge in [-0.25, -0.2) is 8.42 Å². The zero-order chi connectivity index (χ0) is 23.4. The number of nitrogens with zero attached hydrogens (tertiary/aromatic N) is 2. The molecular weight excluding hydrogens is 438 g/mol. The lowest BCUT2D eigenvalue weighted by atomic mass is 10.2. The van der Waals surface area contributed by atoms with Gasteiger partial charge in [-0.1, -0.05) is 48.7 Å². The van der Waals surface area contributed by atoms with E-state index in [4.69, 9.17) is 0 Å². The Hall–Kier alpha value is -3.13. The van der Waals surface area contributed by atoms with Gasteiger partial charge in [-0.3, -0.25) is 9.59 Å². The van der Waals surface area contributed by atoms with E-state index in [1.165, 1.54) is 6.20 Å². The van der Waals surface area contributed by atoms with Crippen molar-refractivity contribution < 1.29 is 18.0 Å². The quantitative estimate of drug-likeness (QED) is 0.598. The number of fused-ring (bicyclic) bond motifs is 1. The number of likely N-dealkylation sites (tertiary alicyclic amines) is 1. The number of aromatic nitrogens is 1. The van der Waals surface area contributed by atoms with Gasteiger partial charge in [-0.2, -0.15) is 0 Å². The summed E-state index contributed by atoms with van der Waals surface area (Å²) in [6, 6.07) is 14.3. The number of nitrogens with one attached hydrogen (secondary N) is 1. The molecule has 2 heterocycles. The standard InChI is InChI=1S/C25H29N3O4S/c1-19-10-12-20(13-11-19)26-24(29)18-33(31,32)23-16-28(22-9-5-4-8-21(22)23)17-25(30)27-14-6-2-3-7-15-27/h4-5,8-13,16H,2-3,6-7,14-15,17-18H2,1H3,(H,26,29). The van der Waals surface area contributed by atoms with Gasteiger partial charge in [0.2, 0.25) is 11.8 Å². The molecule has 174 valence electrons. The molecule has 1 aliphatic rings. The first-order chi connectivity index (χ1) is 15.8. The largest absolute Gasteiger partial charge is 0.341 e. The minimum atomic E-state index is -3.92. The van der Waals surface area contributed by atoms with E-state index in [-0.39, 0.29) is 17.3 Å². The van der Waals surface area contributed by atoms with Crippen LogP contribution in [0.4, 0.5) is 5.69 Å². The Morgan fingerprint density at radius 3 is 2.30 bits per heavy atom. The third-order valence-electron chi connectivity index (χ3n) is 6.01. The fraction of sp³-hybridized carbons (Fsp3) is 0.360. The van der Waals surface area contributed by atoms with Gasteiger partial charge in [-0.15, -0.1) is 0 Å². The highest BCUT2D eigenvalue weighted by atomic mass is 32.2. The topological polar surface area (TPSA) is 88.5 Å². The lowest BCUT2D eigenvalue weighted by molar-refractivity contribution is -0.131. The minimum absolute atomic E-state index is 0.0151. The molecule has 4 rings (SSSR count). The molecule has 2 amide bonds. The van der Waals surface area contributed by atoms with Crippen LogP contribution in [0.5, 0.6) is 0 Å². The summed E-state index contributed by atoms with van der Waals surface area (Å²) in [5.41, 5.74) is 2.26. The Labute approximate surface area is 194 Å². The van der Waals surface area contributed by atoms with E-state index >= 15 is 0 Å². The van der Waals surface area contributed by atoms with Gasteiger partial charge in [0.15, 0.2) is 9.84 Å². The molecule has 7 nitrogen and oxygen atoms in total. The number of hydrogen-bond acceptors (Lipinski definition) is 4. The van der Waals surface area contributed by atoms with E-state index in [1.807, 2.05) is 30.0 Å². The fourth-order valence-electron chi connectivity index (χ4n) is 4.24. The van der Waals surface area contributed by atoms with Crippen LogP contribution >= 0.6 is 0 Å². The number of amides is 2. The van der Waals surface area contributed by atoms with Crippen molar-refractivity contribution in [3.8, 4) is 0 Å². The first-order valence-electron chi connectivity index (χ1n) is 11.3. The molecule has 1 fully saturated rings. The van der Waals surface area contributed by atoms with Crippen molar-refractivity contribution >= 4 is 38.2 Å². The highest BCUT2D eigenvalue weighted by molar-refractivity contribution is 7.92. The van der Waals surface area contributed by atoms with E-state index in [1.54, 1.807) is 34.9 Å². The molecule has 1 N–H and O–H groups in total. The summed E-state index contributed by atoms with van der Waals surface area (Å²) >= 11 is 0. The predicted octanol–water partition coefficient (Wildman–Crippen LogP) is 3.76. The Kier molecular flexibility index (Phi) is 6.83. The van der Waals surface area contributed by atoms with Crippen LogP contribution in [0.15, 0.2) is 59.6 Å². The summed E-state index contributed by atoms with van der Waals surface area (Å²) in [4.78, 5) is 27.3. The van der Waals surface area contributed by atoms with Crippen molar-refractivity contribution in [2.24, 2.45) is 0 Å². The molecule has 0 radical (unpaired) electrons. The van der Waals surface area contributed by atoms with Gasteiger partial charge < -0.3 is 14.8 Å². The second-order valence-corrected chi connectivity index (χ2v) is 10.6. The van der Waals surface area contributed by atoms with Gasteiger partial charge in [-0.05, 0) is 38.0 Å². The number of para-hydroxylation sites is 1. The molecule has 1 saturated heterocycles. The van der Waals surface area contributed by atoms with Crippen LogP contribution in [-0.2, 0) is 26.0 Å². The summed E-state index contributed by atoms with van der Waals surface area (Å²) in [5.74, 6) is -1.29. The summed E-state index contributed by atoms with van der Waals surface area (Å²) in [6.45, 7) is 3.49. The maximum Gasteiger partial charge on any atom is 0.242 e. The van der Waals surface area contributed by atoms with E-state index in [0.717, 1.165) is 44.3 Å². The first-order valence-corrected chi connectivity index (χ1v) is 12.9. The van der Waals surface area contributed by atoms with Crippen LogP contribution in [0.2, 0.25) is 0 Å². The van der Waals surface area contributed by atoms with E-state index < -0.39 is 21.5 Å². The molecule has 0 aliphatic carbocycles. The first kappa shape index (κ1) is 23.0. The monoisotopic (exact) mass is 467 g/mol. The zero-order valence-electron chi connectivity index (χ0n) is 18.8. The Morgan fingerprint density at radius 1 is 0.939 bits per heavy atom. The highest BCUT2D eigenvalue weighted by Crippen LogP contribution is 2.27. The van der Waals surface area contributed by atoms with Crippen LogP contribution in [0.1, 0.15) is 31.2 Å². The number of anilines is 1. The SMILES string of the molecule is Cc1ccc(NC(=O)CS(=O)(=O)c2cn(CC(=O)N3CCCCCC3)c3ccccc23)cc1. The molecule has 2 aromatic carbocycles. The fourth-order valence-corrected chi connectivity index (χ4v) is 5.61. The van der Waals surface area contributed by atoms with Gasteiger partial charge in [0, 0.05) is 35.9 Å². The van der Waals surface area contributed by atoms with Crippen molar-refractivity contribution in [1.29, 1.82) is 0 Å². The third-order valence-corrected chi connectivity index (χ3v) is 7.65. The summed E-state index contributed by atoms with van der Waals surface area (Å²) < 4.78 is 28.0. The minimum Gasteiger partial charge on any atom is -0.341 e. The smallest absolute Gasteiger partial charge is 0.242 e. The summed E-state index contributed by atoms with van der Waals surface area (Å²) in [7, 11) is -3.92. The van der Waals surface area contributed by atoms with Crippen LogP contribution < -0.4 is 5.32 Å². The van der Waals surface area contributed by atoms with Crippen LogP contribution in [0.3, 0.4) is 0 Å². The Bertz CT molecular complexity index is 1250. The number of carbonyl (C=O) groups is 2. The van der Waals surface area contributed by atoms with Gasteiger partial charge in [0.1, 0.15) is 12.3 Å². The molecule has 3 aromatic rings. The van der Waals surface area contributed by atoms with E-state index in [0.29, 0.717) is 16.6 Å². The second-order valence-electron chi connectivity index (χ2n) is 8.61. The molecule has 0 spiro atoms. The van der Waals surface area contributed by atoms with Crippen molar-refractivity contribution in [3.63, 3.8) is 0 Å². The third kappa shape index (κ3) is 5.45. The molecule has 0 saturated carbocycles. The second kappa shape index (κ2) is 9.79. The molecule has 0 atom stereocenters. The average Bonchev–Trinajstić information content (AvgIpc) is 2.95. The Balaban J connectivity index is 1.56. The zero-order valence-corrected chi connectivity index (χ0v) is 19.6. The molecule has 0 bridgehead atoms. The van der Waals surface area contributed by atoms with Crippen LogP contribution in [-0.4, -0.2) is 48.5 Å². The molecule has 1 aromatic heterocycles. The number of hydrogen-bond donors (Lipinski definition) is 1. The maximum absolute atomic E-state index is 13.2. The summed E-state index contributed by atoms with van der Waals surface area (Å²) in [5, 5.41) is 3.16. The molecule has 1 aliphatic heterocycles. The number of rotatable bonds is 6. The molecular formula is C25H29N3O4S. The highest BCUT2D eigenvalue weighted by Gasteiger charge is 2.25. The molecule has 8 heteroatoms. The number of carbonyl (C=O) groups excluding carboxylic acids is 2. The Morgan fingerprint density at radius 2 is 1.61 bits per heavy atom. The normalized spacial score (nSPS) is 14.8. The van der Waals surface area contributed by atoms with Crippen molar-refractivity contribution in [2.75, 3.05) is 24.2 Å². The van der Waals surface area contributed by atoms with Crippen LogP contribution in [0, 0.1) is 6.92 Å². The van der Waals surface area contributed by atoms with Crippen molar-refractivity contribution in [3.05, 3.63) is 60.3 Å². The van der Waals surface area contributed by atoms with Crippen molar-refractivity contribution in [2.45, 2.75) is 44.0 Å². The maximum atomic E-state index is 13.2. The predicted molar refractivity (Wildman–Crippen MR) is 129 cm³/mol. The number of sulfone groups is 1. The van der Waals surface area contributed by atoms with Gasteiger partial charge in [0.25, 0.3) is 0 Å². The summed E-state index contributed by atoms with van der Waals surface area (Å²) in [6.07, 6.45) is 5.74. The van der Waals surface area contributed by atoms with E-state index in [9.17, 15) is 18.0 Å². The van der Waals surface area contributed by atoms with Crippen molar-refractivity contribution in [1.82, 2.24) is 9.47 Å². The lowest BCUT2D eigenvalue weighted by Crippen LogP contribution is -2.34. The lowest BCUT2D eigenvalue weighted by Gasteiger charge is -2.20.